The van der Waals surface area contributed by atoms with Crippen molar-refractivity contribution in [3.8, 4) is 0 Å². The molecule has 0 aliphatic heterocycles. The summed E-state index contributed by atoms with van der Waals surface area (Å²) in [6, 6.07) is 3.64. The molecule has 0 radical (unpaired) electrons. The van der Waals surface area contributed by atoms with Crippen molar-refractivity contribution in [3.63, 3.8) is 0 Å². The van der Waals surface area contributed by atoms with E-state index >= 15 is 0 Å². The second-order valence-electron chi connectivity index (χ2n) is 3.34. The van der Waals surface area contributed by atoms with Crippen molar-refractivity contribution in [2.24, 2.45) is 0 Å². The van der Waals surface area contributed by atoms with Crippen LogP contribution in [0.2, 0.25) is 0 Å². The van der Waals surface area contributed by atoms with E-state index in [9.17, 15) is 5.11 Å². The van der Waals surface area contributed by atoms with Gasteiger partial charge in [0.05, 0.1) is 12.2 Å². The van der Waals surface area contributed by atoms with E-state index in [4.69, 9.17) is 9.52 Å². The first kappa shape index (κ1) is 9.29. The summed E-state index contributed by atoms with van der Waals surface area (Å²) in [6.45, 7) is 3.16. The van der Waals surface area contributed by atoms with Gasteiger partial charge in [-0.05, 0) is 26.0 Å². The van der Waals surface area contributed by atoms with Gasteiger partial charge in [0.1, 0.15) is 11.5 Å². The van der Waals surface area contributed by atoms with Crippen molar-refractivity contribution in [2.45, 2.75) is 25.9 Å². The predicted octanol–water partition coefficient (Wildman–Crippen LogP) is 0.874. The average Bonchev–Trinajstić information content (AvgIpc) is 2.35. The minimum Gasteiger partial charge on any atom is -0.466 e. The Balaban J connectivity index is 2.63. The van der Waals surface area contributed by atoms with Crippen LogP contribution in [-0.4, -0.2) is 22.4 Å². The van der Waals surface area contributed by atoms with E-state index in [1.165, 1.54) is 0 Å². The molecule has 1 atom stereocenters. The maximum Gasteiger partial charge on any atom is 0.107 e. The highest BCUT2D eigenvalue weighted by Crippen LogP contribution is 2.14. The molecule has 0 saturated carbocycles. The monoisotopic (exact) mass is 170 g/mol. The van der Waals surface area contributed by atoms with E-state index in [2.05, 4.69) is 0 Å². The van der Waals surface area contributed by atoms with Crippen LogP contribution >= 0.6 is 0 Å². The molecule has 0 saturated heterocycles. The first-order chi connectivity index (χ1) is 5.53. The molecule has 0 aromatic carbocycles. The van der Waals surface area contributed by atoms with Gasteiger partial charge in [-0.15, -0.1) is 0 Å². The van der Waals surface area contributed by atoms with E-state index in [0.717, 1.165) is 5.76 Å². The molecule has 3 nitrogen and oxygen atoms in total. The summed E-state index contributed by atoms with van der Waals surface area (Å²) in [7, 11) is 0. The first-order valence-electron chi connectivity index (χ1n) is 3.92. The lowest BCUT2D eigenvalue weighted by molar-refractivity contribution is -0.00149. The van der Waals surface area contributed by atoms with Gasteiger partial charge in [0, 0.05) is 6.42 Å². The van der Waals surface area contributed by atoms with E-state index < -0.39 is 5.60 Å². The molecular formula is C9H14O3. The molecule has 0 amide bonds. The second kappa shape index (κ2) is 3.29. The fourth-order valence-electron chi connectivity index (χ4n) is 1.01. The Kier molecular flexibility index (Phi) is 2.55. The van der Waals surface area contributed by atoms with Crippen molar-refractivity contribution >= 4 is 0 Å². The SMILES string of the molecule is Cc1ccc(C[C@@](C)(O)CO)o1. The zero-order valence-corrected chi connectivity index (χ0v) is 7.37. The molecule has 1 aromatic heterocycles. The predicted molar refractivity (Wildman–Crippen MR) is 44.9 cm³/mol. The smallest absolute Gasteiger partial charge is 0.107 e. The highest BCUT2D eigenvalue weighted by molar-refractivity contribution is 5.07. The van der Waals surface area contributed by atoms with Gasteiger partial charge in [0.15, 0.2) is 0 Å². The van der Waals surface area contributed by atoms with Crippen LogP contribution in [0.1, 0.15) is 18.4 Å². The normalized spacial score (nSPS) is 16.0. The fraction of sp³-hybridized carbons (Fsp3) is 0.556. The van der Waals surface area contributed by atoms with Crippen LogP contribution < -0.4 is 0 Å². The van der Waals surface area contributed by atoms with Crippen LogP contribution in [0.3, 0.4) is 0 Å². The summed E-state index contributed by atoms with van der Waals surface area (Å²) in [4.78, 5) is 0. The van der Waals surface area contributed by atoms with Gasteiger partial charge in [0.2, 0.25) is 0 Å². The number of aryl methyl sites for hydroxylation is 1. The minimum atomic E-state index is -1.08. The molecule has 1 rings (SSSR count). The Labute approximate surface area is 71.6 Å². The molecule has 0 aliphatic carbocycles. The summed E-state index contributed by atoms with van der Waals surface area (Å²) in [5, 5.41) is 18.2. The van der Waals surface area contributed by atoms with Crippen LogP contribution in [0.25, 0.3) is 0 Å². The van der Waals surface area contributed by atoms with Gasteiger partial charge in [-0.25, -0.2) is 0 Å². The zero-order chi connectivity index (χ0) is 9.19. The van der Waals surface area contributed by atoms with Crippen LogP contribution in [0.5, 0.6) is 0 Å². The third-order valence-electron chi connectivity index (χ3n) is 1.69. The minimum absolute atomic E-state index is 0.257. The standard InChI is InChI=1S/C9H14O3/c1-7-3-4-8(12-7)5-9(2,11)6-10/h3-4,10-11H,5-6H2,1-2H3/t9-/m1/s1. The molecule has 2 N–H and O–H groups in total. The molecule has 0 unspecified atom stereocenters. The van der Waals surface area contributed by atoms with Gasteiger partial charge < -0.3 is 14.6 Å². The second-order valence-corrected chi connectivity index (χ2v) is 3.34. The highest BCUT2D eigenvalue weighted by atomic mass is 16.4. The van der Waals surface area contributed by atoms with Crippen molar-refractivity contribution in [2.75, 3.05) is 6.61 Å². The first-order valence-corrected chi connectivity index (χ1v) is 3.92. The Morgan fingerprint density at radius 1 is 1.50 bits per heavy atom. The summed E-state index contributed by atoms with van der Waals surface area (Å²) < 4.78 is 5.25. The van der Waals surface area contributed by atoms with E-state index in [1.54, 1.807) is 13.0 Å². The molecule has 0 aliphatic rings. The number of rotatable bonds is 3. The van der Waals surface area contributed by atoms with E-state index in [0.29, 0.717) is 12.2 Å². The van der Waals surface area contributed by atoms with E-state index in [-0.39, 0.29) is 6.61 Å². The summed E-state index contributed by atoms with van der Waals surface area (Å²) in [5.74, 6) is 1.52. The molecule has 0 bridgehead atoms. The van der Waals surface area contributed by atoms with Gasteiger partial charge in [0.25, 0.3) is 0 Å². The van der Waals surface area contributed by atoms with Crippen LogP contribution in [0.4, 0.5) is 0 Å². The molecular weight excluding hydrogens is 156 g/mol. The quantitative estimate of drug-likeness (QED) is 0.707. The summed E-state index contributed by atoms with van der Waals surface area (Å²) in [5.41, 5.74) is -1.08. The fourth-order valence-corrected chi connectivity index (χ4v) is 1.01. The molecule has 1 aromatic rings. The Morgan fingerprint density at radius 2 is 2.17 bits per heavy atom. The Bertz CT molecular complexity index is 250. The lowest BCUT2D eigenvalue weighted by Crippen LogP contribution is -2.31. The molecule has 3 heteroatoms. The number of hydrogen-bond donors (Lipinski definition) is 2. The van der Waals surface area contributed by atoms with Crippen LogP contribution in [0.15, 0.2) is 16.5 Å². The number of hydrogen-bond acceptors (Lipinski definition) is 3. The Morgan fingerprint density at radius 3 is 2.58 bits per heavy atom. The molecule has 12 heavy (non-hydrogen) atoms. The van der Waals surface area contributed by atoms with Gasteiger partial charge >= 0.3 is 0 Å². The Hall–Kier alpha value is -0.800. The third kappa shape index (κ3) is 2.36. The summed E-state index contributed by atoms with van der Waals surface area (Å²) >= 11 is 0. The van der Waals surface area contributed by atoms with Crippen molar-refractivity contribution in [1.82, 2.24) is 0 Å². The molecule has 0 spiro atoms. The number of furan rings is 1. The maximum atomic E-state index is 9.48. The lowest BCUT2D eigenvalue weighted by atomic mass is 10.0. The summed E-state index contributed by atoms with van der Waals surface area (Å²) in [6.07, 6.45) is 0.345. The van der Waals surface area contributed by atoms with Gasteiger partial charge in [-0.1, -0.05) is 0 Å². The van der Waals surface area contributed by atoms with E-state index in [1.807, 2.05) is 13.0 Å². The van der Waals surface area contributed by atoms with Crippen LogP contribution in [-0.2, 0) is 6.42 Å². The average molecular weight is 170 g/mol. The topological polar surface area (TPSA) is 53.6 Å². The van der Waals surface area contributed by atoms with Crippen molar-refractivity contribution in [3.05, 3.63) is 23.7 Å². The van der Waals surface area contributed by atoms with Crippen LogP contribution in [0, 0.1) is 6.92 Å². The maximum absolute atomic E-state index is 9.48. The van der Waals surface area contributed by atoms with Crippen molar-refractivity contribution < 1.29 is 14.6 Å². The molecule has 0 fully saturated rings. The van der Waals surface area contributed by atoms with Gasteiger partial charge in [-0.3, -0.25) is 0 Å². The number of aliphatic hydroxyl groups excluding tert-OH is 1. The van der Waals surface area contributed by atoms with Crippen molar-refractivity contribution in [1.29, 1.82) is 0 Å². The van der Waals surface area contributed by atoms with Gasteiger partial charge in [-0.2, -0.15) is 0 Å². The third-order valence-corrected chi connectivity index (χ3v) is 1.69. The largest absolute Gasteiger partial charge is 0.466 e. The molecule has 68 valence electrons. The molecule has 1 heterocycles. The number of aliphatic hydroxyl groups is 2. The lowest BCUT2D eigenvalue weighted by Gasteiger charge is -2.18. The highest BCUT2D eigenvalue weighted by Gasteiger charge is 2.21. The zero-order valence-electron chi connectivity index (χ0n) is 7.37.